The number of H-pyrrole nitrogens is 1. The topological polar surface area (TPSA) is 78.1 Å². The van der Waals surface area contributed by atoms with Crippen LogP contribution in [0.15, 0.2) is 48.4 Å². The Bertz CT molecular complexity index is 976. The number of hydrogen-bond acceptors (Lipinski definition) is 4. The van der Waals surface area contributed by atoms with Crippen LogP contribution in [0.4, 0.5) is 5.82 Å². The van der Waals surface area contributed by atoms with Gasteiger partial charge >= 0.3 is 0 Å². The summed E-state index contributed by atoms with van der Waals surface area (Å²) in [5.41, 5.74) is 2.79. The molecule has 1 aliphatic heterocycles. The summed E-state index contributed by atoms with van der Waals surface area (Å²) in [4.78, 5) is 31.8. The van der Waals surface area contributed by atoms with Gasteiger partial charge in [0.1, 0.15) is 5.82 Å². The van der Waals surface area contributed by atoms with Crippen molar-refractivity contribution in [1.29, 1.82) is 0 Å². The first-order valence-electron chi connectivity index (χ1n) is 11.0. The van der Waals surface area contributed by atoms with Crippen LogP contribution < -0.4 is 10.9 Å². The summed E-state index contributed by atoms with van der Waals surface area (Å²) < 4.78 is 0. The number of rotatable bonds is 5. The molecular formula is C25H34N4O2. The molecule has 0 spiro atoms. The summed E-state index contributed by atoms with van der Waals surface area (Å²) in [7, 11) is 0. The van der Waals surface area contributed by atoms with E-state index in [1.807, 2.05) is 29.2 Å². The third kappa shape index (κ3) is 5.94. The largest absolute Gasteiger partial charge is 0.367 e. The second-order valence-electron chi connectivity index (χ2n) is 8.09. The highest BCUT2D eigenvalue weighted by Gasteiger charge is 2.23. The first-order chi connectivity index (χ1) is 15.0. The van der Waals surface area contributed by atoms with Crippen LogP contribution >= 0.6 is 0 Å². The van der Waals surface area contributed by atoms with Gasteiger partial charge in [0.25, 0.3) is 5.56 Å². The molecule has 31 heavy (non-hydrogen) atoms. The molecule has 3 heterocycles. The zero-order valence-corrected chi connectivity index (χ0v) is 18.3. The third-order valence-corrected chi connectivity index (χ3v) is 6.06. The van der Waals surface area contributed by atoms with Gasteiger partial charge in [-0.3, -0.25) is 9.59 Å². The molecular weight excluding hydrogens is 388 g/mol. The fourth-order valence-corrected chi connectivity index (χ4v) is 3.93. The van der Waals surface area contributed by atoms with E-state index < -0.39 is 0 Å². The second-order valence-corrected chi connectivity index (χ2v) is 8.09. The standard InChI is InChI=1S/C13H16N2.C12H16N2O2.H2/c1-3-10-8-9-13(15-12(10)4-2)14-11-6-5-7-11;1-9(15)14-7-4-10(5-8-14)11-3-2-6-13-12(11)16;/h3-4,8-9,11H,1-2,5-7H2,(H,14,15);2-3,6,10H,4-5,7-8H2,1H3,(H,13,16);1H. The number of aromatic amines is 1. The molecule has 6 nitrogen and oxygen atoms in total. The van der Waals surface area contributed by atoms with Crippen LogP contribution in [0.1, 0.15) is 63.2 Å². The van der Waals surface area contributed by atoms with Crippen LogP contribution in [0.25, 0.3) is 12.2 Å². The number of nitrogens with one attached hydrogen (secondary N) is 2. The van der Waals surface area contributed by atoms with Gasteiger partial charge in [-0.2, -0.15) is 0 Å². The molecule has 2 aromatic heterocycles. The molecule has 2 N–H and O–H groups in total. The Morgan fingerprint density at radius 1 is 1.19 bits per heavy atom. The molecule has 4 rings (SSSR count). The van der Waals surface area contributed by atoms with Crippen molar-refractivity contribution in [3.63, 3.8) is 0 Å². The highest BCUT2D eigenvalue weighted by molar-refractivity contribution is 5.73. The molecule has 2 fully saturated rings. The van der Waals surface area contributed by atoms with Gasteiger partial charge in [0.15, 0.2) is 0 Å². The van der Waals surface area contributed by atoms with Gasteiger partial charge in [0, 0.05) is 39.2 Å². The maximum absolute atomic E-state index is 11.6. The SMILES string of the molecule is C=Cc1ccc(NC2CCC2)nc1C=C.CC(=O)N1CCC(c2ccc[nH]c2=O)CC1.[HH]. The van der Waals surface area contributed by atoms with E-state index in [1.54, 1.807) is 25.3 Å². The van der Waals surface area contributed by atoms with Crippen molar-refractivity contribution < 1.29 is 6.22 Å². The molecule has 6 heteroatoms. The molecule has 0 aromatic carbocycles. The van der Waals surface area contributed by atoms with Crippen molar-refractivity contribution in [3.8, 4) is 0 Å². The van der Waals surface area contributed by atoms with Crippen LogP contribution in [0, 0.1) is 0 Å². The number of anilines is 1. The van der Waals surface area contributed by atoms with Gasteiger partial charge in [-0.05, 0) is 67.9 Å². The van der Waals surface area contributed by atoms with Crippen molar-refractivity contribution in [2.75, 3.05) is 18.4 Å². The summed E-state index contributed by atoms with van der Waals surface area (Å²) in [6.07, 6.45) is 10.8. The summed E-state index contributed by atoms with van der Waals surface area (Å²) in [6.45, 7) is 10.6. The number of pyridine rings is 2. The van der Waals surface area contributed by atoms with Gasteiger partial charge in [-0.15, -0.1) is 0 Å². The number of carbonyl (C=O) groups excluding carboxylic acids is 1. The lowest BCUT2D eigenvalue weighted by Crippen LogP contribution is -2.37. The smallest absolute Gasteiger partial charge is 0.251 e. The van der Waals surface area contributed by atoms with Crippen molar-refractivity contribution in [3.05, 3.63) is 70.8 Å². The van der Waals surface area contributed by atoms with Crippen LogP contribution in [0.3, 0.4) is 0 Å². The molecule has 1 amide bonds. The average molecular weight is 423 g/mol. The molecule has 1 saturated carbocycles. The van der Waals surface area contributed by atoms with Crippen molar-refractivity contribution in [1.82, 2.24) is 14.9 Å². The number of amides is 1. The van der Waals surface area contributed by atoms with Crippen LogP contribution in [0.2, 0.25) is 0 Å². The van der Waals surface area contributed by atoms with Crippen molar-refractivity contribution in [2.45, 2.75) is 51.0 Å². The normalized spacial score (nSPS) is 16.5. The highest BCUT2D eigenvalue weighted by Crippen LogP contribution is 2.25. The molecule has 166 valence electrons. The molecule has 0 bridgehead atoms. The predicted octanol–water partition coefficient (Wildman–Crippen LogP) is 4.68. The van der Waals surface area contributed by atoms with Gasteiger partial charge in [-0.25, -0.2) is 4.98 Å². The lowest BCUT2D eigenvalue weighted by atomic mass is 9.90. The third-order valence-electron chi connectivity index (χ3n) is 6.06. The second kappa shape index (κ2) is 10.8. The summed E-state index contributed by atoms with van der Waals surface area (Å²) in [5, 5.41) is 3.41. The van der Waals surface area contributed by atoms with E-state index in [0.29, 0.717) is 12.0 Å². The Kier molecular flexibility index (Phi) is 7.82. The van der Waals surface area contributed by atoms with Gasteiger partial charge < -0.3 is 15.2 Å². The Hall–Kier alpha value is -3.15. The zero-order valence-electron chi connectivity index (χ0n) is 18.3. The van der Waals surface area contributed by atoms with E-state index in [-0.39, 0.29) is 12.9 Å². The molecule has 1 saturated heterocycles. The lowest BCUT2D eigenvalue weighted by molar-refractivity contribution is -0.129. The number of nitrogens with zero attached hydrogens (tertiary/aromatic N) is 2. The van der Waals surface area contributed by atoms with E-state index in [1.165, 1.54) is 19.3 Å². The summed E-state index contributed by atoms with van der Waals surface area (Å²) in [6, 6.07) is 8.38. The first-order valence-corrected chi connectivity index (χ1v) is 11.0. The van der Waals surface area contributed by atoms with Crippen molar-refractivity contribution >= 4 is 23.9 Å². The fraction of sp³-hybridized carbons (Fsp3) is 0.400. The molecule has 0 radical (unpaired) electrons. The maximum atomic E-state index is 11.6. The zero-order chi connectivity index (χ0) is 22.2. The molecule has 0 unspecified atom stereocenters. The highest BCUT2D eigenvalue weighted by atomic mass is 16.2. The summed E-state index contributed by atoms with van der Waals surface area (Å²) >= 11 is 0. The van der Waals surface area contributed by atoms with E-state index in [2.05, 4.69) is 28.4 Å². The molecule has 0 atom stereocenters. The number of likely N-dealkylation sites (tertiary alicyclic amines) is 1. The Balaban J connectivity index is 0.000000220. The van der Waals surface area contributed by atoms with Crippen molar-refractivity contribution in [2.24, 2.45) is 0 Å². The number of carbonyl (C=O) groups is 1. The van der Waals surface area contributed by atoms with Crippen LogP contribution in [-0.2, 0) is 4.79 Å². The van der Waals surface area contributed by atoms with E-state index in [0.717, 1.165) is 48.6 Å². The van der Waals surface area contributed by atoms with Crippen LogP contribution in [0.5, 0.6) is 0 Å². The Morgan fingerprint density at radius 3 is 2.48 bits per heavy atom. The summed E-state index contributed by atoms with van der Waals surface area (Å²) in [5.74, 6) is 1.36. The van der Waals surface area contributed by atoms with E-state index in [9.17, 15) is 9.59 Å². The molecule has 1 aliphatic carbocycles. The van der Waals surface area contributed by atoms with E-state index in [4.69, 9.17) is 0 Å². The number of hydrogen-bond donors (Lipinski definition) is 2. The number of aromatic nitrogens is 2. The minimum Gasteiger partial charge on any atom is -0.367 e. The minimum atomic E-state index is 0. The molecule has 2 aromatic rings. The monoisotopic (exact) mass is 422 g/mol. The molecule has 2 aliphatic rings. The van der Waals surface area contributed by atoms with E-state index >= 15 is 0 Å². The minimum absolute atomic E-state index is 0. The van der Waals surface area contributed by atoms with Crippen LogP contribution in [-0.4, -0.2) is 39.9 Å². The lowest BCUT2D eigenvalue weighted by Gasteiger charge is -2.31. The first kappa shape index (κ1) is 22.5. The van der Waals surface area contributed by atoms with Gasteiger partial charge in [0.05, 0.1) is 5.69 Å². The van der Waals surface area contributed by atoms with Gasteiger partial charge in [-0.1, -0.05) is 25.3 Å². The maximum Gasteiger partial charge on any atom is 0.251 e. The average Bonchev–Trinajstić information content (AvgIpc) is 2.77. The predicted molar refractivity (Wildman–Crippen MR) is 129 cm³/mol. The number of piperidine rings is 1. The fourth-order valence-electron chi connectivity index (χ4n) is 3.93. The Labute approximate surface area is 185 Å². The van der Waals surface area contributed by atoms with Gasteiger partial charge in [0.2, 0.25) is 5.91 Å². The quantitative estimate of drug-likeness (QED) is 0.733. The Morgan fingerprint density at radius 2 is 1.94 bits per heavy atom.